The molecule has 0 unspecified atom stereocenters. The number of thioether (sulfide) groups is 1. The van der Waals surface area contributed by atoms with Crippen LogP contribution in [0.5, 0.6) is 0 Å². The first kappa shape index (κ1) is 21.8. The highest BCUT2D eigenvalue weighted by atomic mass is 35.5. The third kappa shape index (κ3) is 6.54. The van der Waals surface area contributed by atoms with Gasteiger partial charge in [0.05, 0.1) is 16.7 Å². The summed E-state index contributed by atoms with van der Waals surface area (Å²) >= 11 is 7.35. The van der Waals surface area contributed by atoms with Crippen molar-refractivity contribution in [1.82, 2.24) is 14.9 Å². The summed E-state index contributed by atoms with van der Waals surface area (Å²) < 4.78 is 1.68. The van der Waals surface area contributed by atoms with Gasteiger partial charge in [-0.25, -0.2) is 4.98 Å². The number of nitrogens with one attached hydrogen (secondary N) is 1. The van der Waals surface area contributed by atoms with Crippen molar-refractivity contribution in [2.45, 2.75) is 52.2 Å². The predicted octanol–water partition coefficient (Wildman–Crippen LogP) is 4.35. The van der Waals surface area contributed by atoms with E-state index in [1.54, 1.807) is 22.8 Å². The van der Waals surface area contributed by atoms with Gasteiger partial charge in [-0.3, -0.25) is 14.2 Å². The zero-order valence-electron chi connectivity index (χ0n) is 16.4. The minimum Gasteiger partial charge on any atom is -0.355 e. The molecule has 0 saturated heterocycles. The standard InChI is InChI=1S/C20H28ClN3O2S/c1-13(2)7-9-22-18(25)12-27-20-23-17-11-15(21)5-6-16(17)19(26)24(20)10-8-14(3)4/h5-6,11,13-14H,7-10,12H2,1-4H3,(H,22,25). The number of carbonyl (C=O) groups is 1. The SMILES string of the molecule is CC(C)CCNC(=O)CSc1nc2cc(Cl)ccc2c(=O)n1CCC(C)C. The van der Waals surface area contributed by atoms with E-state index >= 15 is 0 Å². The van der Waals surface area contributed by atoms with Crippen LogP contribution in [0.4, 0.5) is 0 Å². The van der Waals surface area contributed by atoms with Crippen molar-refractivity contribution in [3.63, 3.8) is 0 Å². The second-order valence-corrected chi connectivity index (χ2v) is 8.90. The molecule has 2 aromatic rings. The fourth-order valence-electron chi connectivity index (χ4n) is 2.55. The summed E-state index contributed by atoms with van der Waals surface area (Å²) in [5.41, 5.74) is 0.482. The van der Waals surface area contributed by atoms with Crippen LogP contribution in [0.15, 0.2) is 28.2 Å². The molecule has 0 aliphatic carbocycles. The molecular formula is C20H28ClN3O2S. The van der Waals surface area contributed by atoms with Gasteiger partial charge < -0.3 is 5.32 Å². The van der Waals surface area contributed by atoms with E-state index < -0.39 is 0 Å². The maximum absolute atomic E-state index is 12.9. The number of carbonyl (C=O) groups excluding carboxylic acids is 1. The van der Waals surface area contributed by atoms with Crippen LogP contribution >= 0.6 is 23.4 Å². The summed E-state index contributed by atoms with van der Waals surface area (Å²) in [6, 6.07) is 5.11. The van der Waals surface area contributed by atoms with E-state index in [-0.39, 0.29) is 17.2 Å². The van der Waals surface area contributed by atoms with Crippen molar-refractivity contribution in [1.29, 1.82) is 0 Å². The van der Waals surface area contributed by atoms with Crippen LogP contribution in [0.25, 0.3) is 10.9 Å². The van der Waals surface area contributed by atoms with Gasteiger partial charge in [-0.2, -0.15) is 0 Å². The highest BCUT2D eigenvalue weighted by Gasteiger charge is 2.14. The lowest BCUT2D eigenvalue weighted by Gasteiger charge is -2.14. The molecule has 7 heteroatoms. The summed E-state index contributed by atoms with van der Waals surface area (Å²) in [5, 5.41) is 4.57. The predicted molar refractivity (Wildman–Crippen MR) is 114 cm³/mol. The van der Waals surface area contributed by atoms with Gasteiger partial charge in [0.25, 0.3) is 5.56 Å². The summed E-state index contributed by atoms with van der Waals surface area (Å²) in [4.78, 5) is 29.7. The first-order valence-electron chi connectivity index (χ1n) is 9.37. The third-order valence-corrected chi connectivity index (χ3v) is 5.40. The number of aromatic nitrogens is 2. The second kappa shape index (κ2) is 10.1. The zero-order chi connectivity index (χ0) is 20.0. The van der Waals surface area contributed by atoms with Crippen molar-refractivity contribution in [2.75, 3.05) is 12.3 Å². The van der Waals surface area contributed by atoms with E-state index in [2.05, 4.69) is 38.0 Å². The number of benzene rings is 1. The largest absolute Gasteiger partial charge is 0.355 e. The molecular weight excluding hydrogens is 382 g/mol. The Morgan fingerprint density at radius 3 is 2.59 bits per heavy atom. The summed E-state index contributed by atoms with van der Waals surface area (Å²) in [7, 11) is 0. The molecule has 5 nitrogen and oxygen atoms in total. The number of halogens is 1. The minimum atomic E-state index is -0.0833. The highest BCUT2D eigenvalue weighted by Crippen LogP contribution is 2.21. The van der Waals surface area contributed by atoms with Crippen LogP contribution in [-0.4, -0.2) is 27.8 Å². The molecule has 0 spiro atoms. The smallest absolute Gasteiger partial charge is 0.262 e. The molecule has 0 radical (unpaired) electrons. The molecule has 2 rings (SSSR count). The van der Waals surface area contributed by atoms with Gasteiger partial charge in [0.15, 0.2) is 5.16 Å². The van der Waals surface area contributed by atoms with E-state index in [0.29, 0.717) is 46.0 Å². The fraction of sp³-hybridized carbons (Fsp3) is 0.550. The van der Waals surface area contributed by atoms with Crippen molar-refractivity contribution < 1.29 is 4.79 Å². The summed E-state index contributed by atoms with van der Waals surface area (Å²) in [5.74, 6) is 1.20. The summed E-state index contributed by atoms with van der Waals surface area (Å²) in [6.45, 7) is 9.73. The summed E-state index contributed by atoms with van der Waals surface area (Å²) in [6.07, 6.45) is 1.82. The molecule has 1 heterocycles. The molecule has 1 aromatic heterocycles. The van der Waals surface area contributed by atoms with Crippen molar-refractivity contribution in [3.8, 4) is 0 Å². The number of hydrogen-bond acceptors (Lipinski definition) is 4. The molecule has 1 amide bonds. The Morgan fingerprint density at radius 1 is 1.22 bits per heavy atom. The Bertz CT molecular complexity index is 849. The van der Waals surface area contributed by atoms with Crippen molar-refractivity contribution >= 4 is 40.2 Å². The van der Waals surface area contributed by atoms with E-state index in [1.807, 2.05) is 0 Å². The fourth-order valence-corrected chi connectivity index (χ4v) is 3.57. The molecule has 1 N–H and O–H groups in total. The quantitative estimate of drug-likeness (QED) is 0.494. The van der Waals surface area contributed by atoms with Crippen LogP contribution in [-0.2, 0) is 11.3 Å². The first-order valence-corrected chi connectivity index (χ1v) is 10.7. The van der Waals surface area contributed by atoms with Gasteiger partial charge in [0.2, 0.25) is 5.91 Å². The van der Waals surface area contributed by atoms with E-state index in [0.717, 1.165) is 12.8 Å². The van der Waals surface area contributed by atoms with Crippen LogP contribution < -0.4 is 10.9 Å². The Labute approximate surface area is 169 Å². The van der Waals surface area contributed by atoms with Gasteiger partial charge in [0.1, 0.15) is 0 Å². The van der Waals surface area contributed by atoms with Crippen LogP contribution in [0, 0.1) is 11.8 Å². The lowest BCUT2D eigenvalue weighted by atomic mass is 10.1. The van der Waals surface area contributed by atoms with Gasteiger partial charge in [-0.1, -0.05) is 51.1 Å². The Kier molecular flexibility index (Phi) is 8.17. The van der Waals surface area contributed by atoms with Crippen molar-refractivity contribution in [2.24, 2.45) is 11.8 Å². The number of hydrogen-bond donors (Lipinski definition) is 1. The van der Waals surface area contributed by atoms with E-state index in [4.69, 9.17) is 11.6 Å². The third-order valence-electron chi connectivity index (χ3n) is 4.19. The molecule has 0 fully saturated rings. The average Bonchev–Trinajstić information content (AvgIpc) is 2.58. The molecule has 0 saturated carbocycles. The van der Waals surface area contributed by atoms with Crippen LogP contribution in [0.2, 0.25) is 5.02 Å². The topological polar surface area (TPSA) is 64.0 Å². The second-order valence-electron chi connectivity index (χ2n) is 7.52. The minimum absolute atomic E-state index is 0.0449. The van der Waals surface area contributed by atoms with Gasteiger partial charge in [-0.05, 0) is 42.9 Å². The first-order chi connectivity index (χ1) is 12.8. The Morgan fingerprint density at radius 2 is 1.93 bits per heavy atom. The molecule has 1 aromatic carbocycles. The molecule has 0 aliphatic heterocycles. The lowest BCUT2D eigenvalue weighted by molar-refractivity contribution is -0.118. The molecule has 0 aliphatic rings. The molecule has 0 atom stereocenters. The molecule has 27 heavy (non-hydrogen) atoms. The highest BCUT2D eigenvalue weighted by molar-refractivity contribution is 7.99. The number of nitrogens with zero attached hydrogens (tertiary/aromatic N) is 2. The van der Waals surface area contributed by atoms with E-state index in [1.165, 1.54) is 11.8 Å². The number of amides is 1. The van der Waals surface area contributed by atoms with Gasteiger partial charge >= 0.3 is 0 Å². The average molecular weight is 410 g/mol. The monoisotopic (exact) mass is 409 g/mol. The Hall–Kier alpha value is -1.53. The number of fused-ring (bicyclic) bond motifs is 1. The van der Waals surface area contributed by atoms with Crippen LogP contribution in [0.3, 0.4) is 0 Å². The maximum Gasteiger partial charge on any atom is 0.262 e. The lowest BCUT2D eigenvalue weighted by Crippen LogP contribution is -2.28. The van der Waals surface area contributed by atoms with Crippen LogP contribution in [0.1, 0.15) is 40.5 Å². The van der Waals surface area contributed by atoms with Crippen molar-refractivity contribution in [3.05, 3.63) is 33.6 Å². The molecule has 0 bridgehead atoms. The molecule has 148 valence electrons. The van der Waals surface area contributed by atoms with Gasteiger partial charge in [-0.15, -0.1) is 0 Å². The number of rotatable bonds is 9. The normalized spacial score (nSPS) is 11.5. The Balaban J connectivity index is 2.22. The van der Waals surface area contributed by atoms with E-state index in [9.17, 15) is 9.59 Å². The zero-order valence-corrected chi connectivity index (χ0v) is 18.0. The van der Waals surface area contributed by atoms with Gasteiger partial charge in [0, 0.05) is 18.1 Å². The maximum atomic E-state index is 12.9.